The highest BCUT2D eigenvalue weighted by atomic mass is 16.5. The second kappa shape index (κ2) is 10.5. The summed E-state index contributed by atoms with van der Waals surface area (Å²) in [6.07, 6.45) is 1.04. The molecule has 0 spiro atoms. The van der Waals surface area contributed by atoms with Crippen LogP contribution in [-0.4, -0.2) is 53.2 Å². The van der Waals surface area contributed by atoms with Crippen LogP contribution in [0, 0.1) is 11.8 Å². The van der Waals surface area contributed by atoms with Crippen molar-refractivity contribution in [2.45, 2.75) is 58.0 Å². The summed E-state index contributed by atoms with van der Waals surface area (Å²) in [5, 5.41) is 12.3. The predicted molar refractivity (Wildman–Crippen MR) is 133 cm³/mol. The first kappa shape index (κ1) is 24.8. The lowest BCUT2D eigenvalue weighted by atomic mass is 9.95. The predicted octanol–water partition coefficient (Wildman–Crippen LogP) is 4.65. The van der Waals surface area contributed by atoms with E-state index in [2.05, 4.69) is 29.6 Å². The highest BCUT2D eigenvalue weighted by Gasteiger charge is 2.43. The average molecular weight is 479 g/mol. The third-order valence-corrected chi connectivity index (χ3v) is 7.66. The van der Waals surface area contributed by atoms with Gasteiger partial charge in [0.2, 0.25) is 5.91 Å². The van der Waals surface area contributed by atoms with E-state index in [0.717, 1.165) is 22.3 Å². The number of rotatable bonds is 8. The number of benzene rings is 2. The molecule has 2 aromatic carbocycles. The maximum Gasteiger partial charge on any atom is 0.407 e. The summed E-state index contributed by atoms with van der Waals surface area (Å²) in [6.45, 7) is 6.32. The third kappa shape index (κ3) is 4.77. The number of carboxylic acids is 1. The number of nitrogens with zero attached hydrogens (tertiary/aromatic N) is 1. The molecule has 2 aromatic rings. The number of carbonyl (C=O) groups excluding carboxylic acids is 2. The molecule has 186 valence electrons. The van der Waals surface area contributed by atoms with Crippen molar-refractivity contribution in [1.82, 2.24) is 10.2 Å². The van der Waals surface area contributed by atoms with Crippen molar-refractivity contribution in [1.29, 1.82) is 0 Å². The van der Waals surface area contributed by atoms with E-state index in [-0.39, 0.29) is 30.4 Å². The molecule has 7 nitrogen and oxygen atoms in total. The lowest BCUT2D eigenvalue weighted by Crippen LogP contribution is -2.53. The largest absolute Gasteiger partial charge is 0.481 e. The number of carboxylic acid groups (broad SMARTS) is 1. The van der Waals surface area contributed by atoms with Crippen molar-refractivity contribution in [2.24, 2.45) is 11.8 Å². The van der Waals surface area contributed by atoms with Crippen molar-refractivity contribution < 1.29 is 24.2 Å². The van der Waals surface area contributed by atoms with E-state index in [0.29, 0.717) is 25.8 Å². The molecule has 4 atom stereocenters. The summed E-state index contributed by atoms with van der Waals surface area (Å²) in [5.41, 5.74) is 4.55. The number of likely N-dealkylation sites (tertiary alicyclic amines) is 1. The van der Waals surface area contributed by atoms with Crippen LogP contribution in [0.4, 0.5) is 4.79 Å². The molecular formula is C28H34N2O5. The van der Waals surface area contributed by atoms with Gasteiger partial charge >= 0.3 is 12.1 Å². The number of alkyl carbamates (subject to hydrolysis) is 1. The van der Waals surface area contributed by atoms with Crippen molar-refractivity contribution in [3.63, 3.8) is 0 Å². The molecule has 7 heteroatoms. The fourth-order valence-corrected chi connectivity index (χ4v) is 5.55. The number of amides is 2. The van der Waals surface area contributed by atoms with Crippen molar-refractivity contribution in [3.05, 3.63) is 59.7 Å². The van der Waals surface area contributed by atoms with Gasteiger partial charge in [0.1, 0.15) is 12.6 Å². The second-order valence-electron chi connectivity index (χ2n) is 9.57. The van der Waals surface area contributed by atoms with Crippen LogP contribution in [0.15, 0.2) is 48.5 Å². The van der Waals surface area contributed by atoms with Gasteiger partial charge in [-0.2, -0.15) is 0 Å². The molecule has 0 radical (unpaired) electrons. The minimum absolute atomic E-state index is 0.0646. The van der Waals surface area contributed by atoms with E-state index in [1.54, 1.807) is 4.90 Å². The Morgan fingerprint density at radius 2 is 1.66 bits per heavy atom. The number of nitrogens with one attached hydrogen (secondary N) is 1. The molecule has 0 saturated carbocycles. The molecule has 1 saturated heterocycles. The Balaban J connectivity index is 1.46. The zero-order chi connectivity index (χ0) is 25.1. The fraction of sp³-hybridized carbons (Fsp3) is 0.464. The summed E-state index contributed by atoms with van der Waals surface area (Å²) >= 11 is 0. The van der Waals surface area contributed by atoms with E-state index < -0.39 is 24.0 Å². The van der Waals surface area contributed by atoms with Gasteiger partial charge in [0, 0.05) is 18.5 Å². The van der Waals surface area contributed by atoms with Crippen LogP contribution < -0.4 is 5.32 Å². The van der Waals surface area contributed by atoms with Crippen LogP contribution in [0.1, 0.15) is 57.1 Å². The zero-order valence-electron chi connectivity index (χ0n) is 20.6. The Morgan fingerprint density at radius 1 is 1.06 bits per heavy atom. The Bertz CT molecular complexity index is 1050. The maximum atomic E-state index is 13.5. The van der Waals surface area contributed by atoms with Gasteiger partial charge in [0.05, 0.1) is 5.92 Å². The van der Waals surface area contributed by atoms with Crippen LogP contribution in [0.25, 0.3) is 11.1 Å². The van der Waals surface area contributed by atoms with Gasteiger partial charge in [-0.25, -0.2) is 4.79 Å². The number of ether oxygens (including phenoxy) is 1. The summed E-state index contributed by atoms with van der Waals surface area (Å²) in [5.74, 6) is -1.87. The highest BCUT2D eigenvalue weighted by molar-refractivity contribution is 5.87. The topological polar surface area (TPSA) is 95.9 Å². The lowest BCUT2D eigenvalue weighted by molar-refractivity contribution is -0.144. The van der Waals surface area contributed by atoms with Crippen LogP contribution >= 0.6 is 0 Å². The quantitative estimate of drug-likeness (QED) is 0.576. The molecular weight excluding hydrogens is 444 g/mol. The minimum Gasteiger partial charge on any atom is -0.481 e. The van der Waals surface area contributed by atoms with Gasteiger partial charge in [0.15, 0.2) is 0 Å². The number of hydrogen-bond donors (Lipinski definition) is 2. The fourth-order valence-electron chi connectivity index (χ4n) is 5.55. The van der Waals surface area contributed by atoms with E-state index in [1.807, 2.05) is 45.0 Å². The highest BCUT2D eigenvalue weighted by Crippen LogP contribution is 2.44. The molecule has 1 heterocycles. The number of fused-ring (bicyclic) bond motifs is 3. The molecule has 1 aliphatic heterocycles. The molecule has 2 N–H and O–H groups in total. The smallest absolute Gasteiger partial charge is 0.407 e. The molecule has 0 bridgehead atoms. The first-order valence-electron chi connectivity index (χ1n) is 12.5. The molecule has 1 fully saturated rings. The summed E-state index contributed by atoms with van der Waals surface area (Å²) in [7, 11) is 0. The molecule has 1 aliphatic carbocycles. The van der Waals surface area contributed by atoms with E-state index in [1.165, 1.54) is 0 Å². The third-order valence-electron chi connectivity index (χ3n) is 7.66. The van der Waals surface area contributed by atoms with Crippen LogP contribution in [0.2, 0.25) is 0 Å². The summed E-state index contributed by atoms with van der Waals surface area (Å²) < 4.78 is 5.68. The number of aliphatic carboxylic acids is 1. The normalized spacial score (nSPS) is 20.6. The molecule has 2 aliphatic rings. The van der Waals surface area contributed by atoms with Crippen LogP contribution in [0.5, 0.6) is 0 Å². The van der Waals surface area contributed by atoms with Crippen LogP contribution in [-0.2, 0) is 14.3 Å². The first-order chi connectivity index (χ1) is 16.9. The molecule has 2 unspecified atom stereocenters. The second-order valence-corrected chi connectivity index (χ2v) is 9.57. The van der Waals surface area contributed by atoms with Gasteiger partial charge in [-0.3, -0.25) is 9.59 Å². The van der Waals surface area contributed by atoms with Gasteiger partial charge < -0.3 is 20.1 Å². The monoisotopic (exact) mass is 478 g/mol. The van der Waals surface area contributed by atoms with Gasteiger partial charge in [-0.05, 0) is 41.0 Å². The zero-order valence-corrected chi connectivity index (χ0v) is 20.6. The average Bonchev–Trinajstić information content (AvgIpc) is 3.45. The van der Waals surface area contributed by atoms with Gasteiger partial charge in [-0.15, -0.1) is 0 Å². The van der Waals surface area contributed by atoms with Crippen molar-refractivity contribution in [2.75, 3.05) is 13.2 Å². The van der Waals surface area contributed by atoms with Crippen LogP contribution in [0.3, 0.4) is 0 Å². The van der Waals surface area contributed by atoms with Crippen molar-refractivity contribution >= 4 is 18.0 Å². The first-order valence-corrected chi connectivity index (χ1v) is 12.5. The van der Waals surface area contributed by atoms with Gasteiger partial charge in [0.25, 0.3) is 0 Å². The number of carbonyl (C=O) groups is 3. The molecule has 4 rings (SSSR count). The standard InChI is InChI=1S/C28H34N2O5/c1-4-17(3)25(26(31)30-15-14-22(27(32)33)24(30)5-2)29-28(34)35-16-23-20-12-8-6-10-18(20)19-11-7-9-13-21(19)23/h6-13,17,22-25H,4-5,14-16H2,1-3H3,(H,29,34)(H,32,33)/t17-,22?,24?,25-/m0/s1. The summed E-state index contributed by atoms with van der Waals surface area (Å²) in [6, 6.07) is 15.1. The Hall–Kier alpha value is -3.35. The lowest BCUT2D eigenvalue weighted by Gasteiger charge is -2.32. The molecule has 35 heavy (non-hydrogen) atoms. The number of hydrogen-bond acceptors (Lipinski definition) is 4. The van der Waals surface area contributed by atoms with E-state index in [9.17, 15) is 19.5 Å². The van der Waals surface area contributed by atoms with Crippen molar-refractivity contribution in [3.8, 4) is 11.1 Å². The minimum atomic E-state index is -0.878. The molecule has 2 amide bonds. The van der Waals surface area contributed by atoms with E-state index >= 15 is 0 Å². The Labute approximate surface area is 206 Å². The Kier molecular flexibility index (Phi) is 7.43. The SMILES string of the molecule is CCC1C(C(=O)O)CCN1C(=O)[C@@H](NC(=O)OCC1c2ccccc2-c2ccccc21)[C@@H](C)CC. The van der Waals surface area contributed by atoms with E-state index in [4.69, 9.17) is 4.74 Å². The maximum absolute atomic E-state index is 13.5. The summed E-state index contributed by atoms with van der Waals surface area (Å²) in [4.78, 5) is 39.6. The Morgan fingerprint density at radius 3 is 2.20 bits per heavy atom. The van der Waals surface area contributed by atoms with Gasteiger partial charge in [-0.1, -0.05) is 75.7 Å². The molecule has 0 aromatic heterocycles.